The summed E-state index contributed by atoms with van der Waals surface area (Å²) in [7, 11) is 0. The maximum atomic E-state index is 10.7. The van der Waals surface area contributed by atoms with Crippen LogP contribution < -0.4 is 5.73 Å². The van der Waals surface area contributed by atoms with Crippen LogP contribution in [0.1, 0.15) is 6.42 Å². The van der Waals surface area contributed by atoms with Crippen molar-refractivity contribution in [2.24, 2.45) is 5.73 Å². The second-order valence-electron chi connectivity index (χ2n) is 3.32. The minimum Gasteiger partial charge on any atom is -0.370 e. The highest BCUT2D eigenvalue weighted by Gasteiger charge is 2.04. The molecule has 0 atom stereocenters. The molecule has 1 aromatic carbocycles. The number of nitrogens with one attached hydrogen (secondary N) is 1. The number of hydrogen-bond acceptors (Lipinski definition) is 2. The summed E-state index contributed by atoms with van der Waals surface area (Å²) in [5.74, 6) is -0.317. The average molecular weight is 221 g/mol. The van der Waals surface area contributed by atoms with Crippen molar-refractivity contribution < 1.29 is 4.79 Å². The lowest BCUT2D eigenvalue weighted by Crippen LogP contribution is -2.13. The smallest absolute Gasteiger partial charge is 0.219 e. The van der Waals surface area contributed by atoms with Gasteiger partial charge in [0, 0.05) is 13.0 Å². The number of rotatable bonds is 3. The number of fused-ring (bicyclic) bond motifs is 1. The Morgan fingerprint density at radius 3 is 2.93 bits per heavy atom. The van der Waals surface area contributed by atoms with Crippen LogP contribution in [0.15, 0.2) is 24.3 Å². The molecule has 0 saturated carbocycles. The summed E-state index contributed by atoms with van der Waals surface area (Å²) in [5.41, 5.74) is 7.09. The molecule has 0 unspecified atom stereocenters. The van der Waals surface area contributed by atoms with E-state index in [0.717, 1.165) is 11.0 Å². The fourth-order valence-electron chi connectivity index (χ4n) is 1.55. The molecular formula is C10H11N3OS. The summed E-state index contributed by atoms with van der Waals surface area (Å²) in [4.78, 5) is 13.8. The standard InChI is InChI=1S/C10H11N3OS/c11-9(14)5-6-13-8-4-2-1-3-7(8)12-10(13)15/h1-4H,5-6H2,(H2,11,14)(H,12,15). The highest BCUT2D eigenvalue weighted by Crippen LogP contribution is 2.13. The van der Waals surface area contributed by atoms with Crippen LogP contribution in [-0.4, -0.2) is 15.5 Å². The van der Waals surface area contributed by atoms with Crippen LogP contribution in [0.25, 0.3) is 11.0 Å². The molecule has 1 heterocycles. The molecular weight excluding hydrogens is 210 g/mol. The summed E-state index contributed by atoms with van der Waals surface area (Å²) in [6.45, 7) is 0.526. The van der Waals surface area contributed by atoms with Crippen molar-refractivity contribution in [1.29, 1.82) is 0 Å². The Hall–Kier alpha value is -1.62. The maximum absolute atomic E-state index is 10.7. The van der Waals surface area contributed by atoms with Crippen molar-refractivity contribution in [1.82, 2.24) is 9.55 Å². The minimum atomic E-state index is -0.317. The van der Waals surface area contributed by atoms with Crippen molar-refractivity contribution in [2.75, 3.05) is 0 Å². The minimum absolute atomic E-state index is 0.302. The lowest BCUT2D eigenvalue weighted by molar-refractivity contribution is -0.118. The van der Waals surface area contributed by atoms with Gasteiger partial charge in [0.2, 0.25) is 5.91 Å². The van der Waals surface area contributed by atoms with E-state index < -0.39 is 0 Å². The van der Waals surface area contributed by atoms with E-state index in [1.54, 1.807) is 0 Å². The first-order valence-electron chi connectivity index (χ1n) is 4.64. The number of aromatic amines is 1. The summed E-state index contributed by atoms with van der Waals surface area (Å²) in [6, 6.07) is 7.78. The Morgan fingerprint density at radius 1 is 1.47 bits per heavy atom. The van der Waals surface area contributed by atoms with E-state index in [9.17, 15) is 4.79 Å². The zero-order valence-corrected chi connectivity index (χ0v) is 8.88. The van der Waals surface area contributed by atoms with Crippen LogP contribution in [0.5, 0.6) is 0 Å². The second kappa shape index (κ2) is 3.86. The number of benzene rings is 1. The Balaban J connectivity index is 2.45. The fraction of sp³-hybridized carbons (Fsp3) is 0.200. The Bertz CT molecular complexity index is 555. The van der Waals surface area contributed by atoms with E-state index in [0.29, 0.717) is 17.7 Å². The summed E-state index contributed by atoms with van der Waals surface area (Å²) < 4.78 is 2.51. The molecule has 0 aliphatic carbocycles. The Kier molecular flexibility index (Phi) is 2.55. The van der Waals surface area contributed by atoms with Gasteiger partial charge in [-0.25, -0.2) is 0 Å². The quantitative estimate of drug-likeness (QED) is 0.773. The number of carbonyl (C=O) groups excluding carboxylic acids is 1. The van der Waals surface area contributed by atoms with Crippen molar-refractivity contribution >= 4 is 29.2 Å². The Morgan fingerprint density at radius 2 is 2.20 bits per heavy atom. The highest BCUT2D eigenvalue weighted by molar-refractivity contribution is 7.71. The largest absolute Gasteiger partial charge is 0.370 e. The molecule has 0 aliphatic heterocycles. The van der Waals surface area contributed by atoms with Crippen molar-refractivity contribution in [3.63, 3.8) is 0 Å². The van der Waals surface area contributed by atoms with Crippen LogP contribution in [0.4, 0.5) is 0 Å². The molecule has 0 radical (unpaired) electrons. The second-order valence-corrected chi connectivity index (χ2v) is 3.70. The van der Waals surface area contributed by atoms with E-state index in [-0.39, 0.29) is 5.91 Å². The average Bonchev–Trinajstić information content (AvgIpc) is 2.50. The number of primary amides is 1. The SMILES string of the molecule is NC(=O)CCn1c(=S)[nH]c2ccccc21. The predicted octanol–water partition coefficient (Wildman–Crippen LogP) is 1.57. The molecule has 0 saturated heterocycles. The van der Waals surface area contributed by atoms with E-state index in [2.05, 4.69) is 4.98 Å². The number of para-hydroxylation sites is 2. The lowest BCUT2D eigenvalue weighted by Gasteiger charge is -2.01. The molecule has 2 aromatic rings. The molecule has 1 aromatic heterocycles. The van der Waals surface area contributed by atoms with Gasteiger partial charge in [-0.2, -0.15) is 0 Å². The number of nitrogens with zero attached hydrogens (tertiary/aromatic N) is 1. The number of amides is 1. The van der Waals surface area contributed by atoms with Gasteiger partial charge in [0.15, 0.2) is 4.77 Å². The molecule has 0 fully saturated rings. The van der Waals surface area contributed by atoms with E-state index in [4.69, 9.17) is 18.0 Å². The number of aryl methyl sites for hydroxylation is 1. The van der Waals surface area contributed by atoms with Gasteiger partial charge in [-0.1, -0.05) is 12.1 Å². The van der Waals surface area contributed by atoms with E-state index >= 15 is 0 Å². The third kappa shape index (κ3) is 1.92. The molecule has 5 heteroatoms. The normalized spacial score (nSPS) is 10.7. The molecule has 0 spiro atoms. The summed E-state index contributed by atoms with van der Waals surface area (Å²) >= 11 is 5.16. The van der Waals surface area contributed by atoms with Crippen molar-refractivity contribution in [2.45, 2.75) is 13.0 Å². The molecule has 3 N–H and O–H groups in total. The lowest BCUT2D eigenvalue weighted by atomic mass is 10.3. The number of carbonyl (C=O) groups is 1. The van der Waals surface area contributed by atoms with Crippen LogP contribution >= 0.6 is 12.2 Å². The van der Waals surface area contributed by atoms with Gasteiger partial charge in [-0.05, 0) is 24.4 Å². The monoisotopic (exact) mass is 221 g/mol. The van der Waals surface area contributed by atoms with Gasteiger partial charge in [-0.3, -0.25) is 4.79 Å². The predicted molar refractivity (Wildman–Crippen MR) is 60.9 cm³/mol. The van der Waals surface area contributed by atoms with Gasteiger partial charge < -0.3 is 15.3 Å². The number of H-pyrrole nitrogens is 1. The van der Waals surface area contributed by atoms with Crippen LogP contribution in [0.3, 0.4) is 0 Å². The third-order valence-corrected chi connectivity index (χ3v) is 2.59. The molecule has 0 aliphatic rings. The number of hydrogen-bond donors (Lipinski definition) is 2. The summed E-state index contributed by atoms with van der Waals surface area (Å²) in [6.07, 6.45) is 0.302. The van der Waals surface area contributed by atoms with Gasteiger partial charge in [0.25, 0.3) is 0 Å². The number of imidazole rings is 1. The van der Waals surface area contributed by atoms with Crippen molar-refractivity contribution in [3.05, 3.63) is 29.0 Å². The molecule has 0 bridgehead atoms. The van der Waals surface area contributed by atoms with Crippen molar-refractivity contribution in [3.8, 4) is 0 Å². The first-order valence-corrected chi connectivity index (χ1v) is 5.05. The molecule has 15 heavy (non-hydrogen) atoms. The van der Waals surface area contributed by atoms with E-state index in [1.807, 2.05) is 28.8 Å². The molecule has 4 nitrogen and oxygen atoms in total. The fourth-order valence-corrected chi connectivity index (χ4v) is 1.85. The first-order chi connectivity index (χ1) is 7.18. The topological polar surface area (TPSA) is 63.8 Å². The zero-order valence-electron chi connectivity index (χ0n) is 8.06. The third-order valence-electron chi connectivity index (χ3n) is 2.26. The number of nitrogens with two attached hydrogens (primary N) is 1. The summed E-state index contributed by atoms with van der Waals surface area (Å²) in [5, 5.41) is 0. The van der Waals surface area contributed by atoms with E-state index in [1.165, 1.54) is 0 Å². The molecule has 2 rings (SSSR count). The van der Waals surface area contributed by atoms with Crippen LogP contribution in [0.2, 0.25) is 0 Å². The van der Waals surface area contributed by atoms with Gasteiger partial charge in [0.1, 0.15) is 0 Å². The van der Waals surface area contributed by atoms with Crippen LogP contribution in [-0.2, 0) is 11.3 Å². The number of aromatic nitrogens is 2. The van der Waals surface area contributed by atoms with Crippen LogP contribution in [0, 0.1) is 4.77 Å². The molecule has 78 valence electrons. The first kappa shape index (κ1) is 9.92. The zero-order chi connectivity index (χ0) is 10.8. The molecule has 1 amide bonds. The van der Waals surface area contributed by atoms with Gasteiger partial charge in [0.05, 0.1) is 11.0 Å². The Labute approximate surface area is 91.7 Å². The maximum Gasteiger partial charge on any atom is 0.219 e. The highest BCUT2D eigenvalue weighted by atomic mass is 32.1. The van der Waals surface area contributed by atoms with Gasteiger partial charge in [-0.15, -0.1) is 0 Å². The van der Waals surface area contributed by atoms with Gasteiger partial charge >= 0.3 is 0 Å².